The molecule has 0 saturated carbocycles. The van der Waals surface area contributed by atoms with Crippen LogP contribution < -0.4 is 45.0 Å². The minimum Gasteiger partial charge on any atom is -0.328 e. The van der Waals surface area contributed by atoms with Crippen molar-refractivity contribution in [2.24, 2.45) is 68.4 Å². The monoisotopic (exact) mass is 749 g/mol. The van der Waals surface area contributed by atoms with Crippen LogP contribution in [-0.4, -0.2) is 72.2 Å². The second kappa shape index (κ2) is 14.8. The van der Waals surface area contributed by atoms with Gasteiger partial charge in [-0.05, 0) is 0 Å². The molecule has 0 amide bonds. The van der Waals surface area contributed by atoms with E-state index in [-0.39, 0.29) is 35.5 Å². The summed E-state index contributed by atoms with van der Waals surface area (Å²) in [4.78, 5) is 112. The van der Waals surface area contributed by atoms with Crippen molar-refractivity contribution < 1.29 is 0 Å². The van der Waals surface area contributed by atoms with Crippen LogP contribution in [0.15, 0.2) is 62.3 Å². The summed E-state index contributed by atoms with van der Waals surface area (Å²) in [5, 5.41) is 0. The first kappa shape index (κ1) is 39.6. The van der Waals surface area contributed by atoms with Gasteiger partial charge in [0.05, 0.1) is 24.5 Å². The molecule has 1 aliphatic heterocycles. The lowest BCUT2D eigenvalue weighted by Gasteiger charge is -2.05. The Kier molecular flexibility index (Phi) is 10.9. The van der Waals surface area contributed by atoms with Gasteiger partial charge in [-0.25, -0.2) is 39.1 Å². The summed E-state index contributed by atoms with van der Waals surface area (Å²) >= 11 is 0. The lowest BCUT2D eigenvalue weighted by molar-refractivity contribution is 0.682. The van der Waals surface area contributed by atoms with E-state index in [1.807, 2.05) is 0 Å². The van der Waals surface area contributed by atoms with Crippen LogP contribution in [0.5, 0.6) is 0 Å². The number of aromatic amines is 2. The third-order valence-electron chi connectivity index (χ3n) is 8.50. The van der Waals surface area contributed by atoms with Crippen molar-refractivity contribution in [1.29, 1.82) is 0 Å². The van der Waals surface area contributed by atoms with E-state index >= 15 is 0 Å². The molecule has 7 aromatic rings. The fourth-order valence-electron chi connectivity index (χ4n) is 5.41. The molecule has 8 rings (SSSR count). The number of nitrogens with zero attached hydrogens (tertiary/aromatic N) is 13. The van der Waals surface area contributed by atoms with Crippen LogP contribution in [0.2, 0.25) is 0 Å². The first-order chi connectivity index (χ1) is 24.9. The predicted octanol–water partition coefficient (Wildman–Crippen LogP) is -3.13. The number of imidazole rings is 3. The van der Waals surface area contributed by atoms with Crippen LogP contribution in [0.3, 0.4) is 0 Å². The first-order valence-electron chi connectivity index (χ1n) is 15.5. The molecule has 0 aliphatic carbocycles. The number of hydrogen-bond donors (Lipinski definition) is 2. The molecule has 0 aromatic carbocycles. The van der Waals surface area contributed by atoms with E-state index in [2.05, 4.69) is 29.9 Å². The topological polar surface area (TPSA) is 264 Å². The van der Waals surface area contributed by atoms with E-state index in [9.17, 15) is 38.4 Å². The van der Waals surface area contributed by atoms with Crippen LogP contribution in [0.25, 0.3) is 33.5 Å². The van der Waals surface area contributed by atoms with Crippen molar-refractivity contribution in [2.45, 2.75) is 13.8 Å². The van der Waals surface area contributed by atoms with Crippen LogP contribution in [0.1, 0.15) is 13.0 Å². The summed E-state index contributed by atoms with van der Waals surface area (Å²) in [6.07, 6.45) is 6.68. The van der Waals surface area contributed by atoms with Crippen molar-refractivity contribution in [2.75, 3.05) is 0 Å². The zero-order valence-electron chi connectivity index (χ0n) is 30.1. The second-order valence-electron chi connectivity index (χ2n) is 12.0. The SMILES string of the molecule is C.Cn1c(=O)[nH]c2ncn(C)c2c1=O.Cn1c(=O)c2c(ncn2C)n(C)c1=O.Cn1c2c(c(=O)n(C)c1=O)CC=N2.Cn1cnc2c1c(=O)[nH]c(=O)n2C. The van der Waals surface area contributed by atoms with E-state index < -0.39 is 16.9 Å². The molecular formula is C31H39N15O8. The van der Waals surface area contributed by atoms with Crippen molar-refractivity contribution in [3.63, 3.8) is 0 Å². The number of aliphatic imine (C=N–C) groups is 1. The highest BCUT2D eigenvalue weighted by Crippen LogP contribution is 2.17. The van der Waals surface area contributed by atoms with Gasteiger partial charge in [-0.1, -0.05) is 7.43 Å². The van der Waals surface area contributed by atoms with Crippen LogP contribution >= 0.6 is 0 Å². The maximum Gasteiger partial charge on any atom is 0.332 e. The van der Waals surface area contributed by atoms with Gasteiger partial charge in [0.25, 0.3) is 22.2 Å². The Labute approximate surface area is 301 Å². The van der Waals surface area contributed by atoms with E-state index in [1.54, 1.807) is 62.2 Å². The fourth-order valence-corrected chi connectivity index (χ4v) is 5.41. The molecule has 54 heavy (non-hydrogen) atoms. The number of aromatic nitrogens is 14. The molecule has 0 radical (unpaired) electrons. The minimum absolute atomic E-state index is 0. The third kappa shape index (κ3) is 6.64. The summed E-state index contributed by atoms with van der Waals surface area (Å²) in [5.74, 6) is 0.494. The van der Waals surface area contributed by atoms with Gasteiger partial charge in [-0.15, -0.1) is 0 Å². The van der Waals surface area contributed by atoms with Gasteiger partial charge in [0.2, 0.25) is 0 Å². The Balaban J connectivity index is 0.000000160. The summed E-state index contributed by atoms with van der Waals surface area (Å²) in [6.45, 7) is 0. The average Bonchev–Trinajstić information content (AvgIpc) is 3.94. The number of fused-ring (bicyclic) bond motifs is 4. The maximum atomic E-state index is 11.7. The van der Waals surface area contributed by atoms with Gasteiger partial charge in [0, 0.05) is 76.1 Å². The van der Waals surface area contributed by atoms with Crippen molar-refractivity contribution >= 4 is 45.5 Å². The fraction of sp³-hybridized carbons (Fsp3) is 0.355. The van der Waals surface area contributed by atoms with Crippen molar-refractivity contribution in [3.8, 4) is 0 Å². The maximum absolute atomic E-state index is 11.7. The summed E-state index contributed by atoms with van der Waals surface area (Å²) in [7, 11) is 14.3. The smallest absolute Gasteiger partial charge is 0.328 e. The lowest BCUT2D eigenvalue weighted by atomic mass is 10.2. The molecule has 8 heterocycles. The van der Waals surface area contributed by atoms with Crippen LogP contribution in [0, 0.1) is 0 Å². The highest BCUT2D eigenvalue weighted by Gasteiger charge is 2.17. The number of nitrogens with one attached hydrogen (secondary N) is 2. The van der Waals surface area contributed by atoms with Gasteiger partial charge in [0.1, 0.15) is 5.82 Å². The summed E-state index contributed by atoms with van der Waals surface area (Å²) in [5.41, 5.74) is 0.114. The zero-order valence-corrected chi connectivity index (χ0v) is 30.1. The highest BCUT2D eigenvalue weighted by atomic mass is 16.2. The molecule has 23 nitrogen and oxygen atoms in total. The predicted molar refractivity (Wildman–Crippen MR) is 200 cm³/mol. The highest BCUT2D eigenvalue weighted by molar-refractivity contribution is 5.73. The Morgan fingerprint density at radius 1 is 0.519 bits per heavy atom. The number of rotatable bonds is 0. The molecule has 0 atom stereocenters. The quantitative estimate of drug-likeness (QED) is 0.157. The van der Waals surface area contributed by atoms with Crippen LogP contribution in [0.4, 0.5) is 5.82 Å². The normalized spacial score (nSPS) is 11.4. The van der Waals surface area contributed by atoms with Gasteiger partial charge in [-0.2, -0.15) is 0 Å². The second-order valence-corrected chi connectivity index (χ2v) is 12.0. The Hall–Kier alpha value is -7.20. The standard InChI is InChI=1S/C8H10N4O2.C8H9N3O2.2C7H8N4O2.CH4/c1-10-4-9-6-5(10)7(13)12(3)8(14)11(6)2;1-10-6-5(3-4-9-6)7(12)11(2)8(10)13;1-10-3-8-5-4(10)6(12)9-7(13)11(5)2;1-10-3-8-5-4(10)6(12)11(2)7(13)9-5;/h4H,1-3H3;4H,3H2,1-2H3;3H,1-2H3,(H,9,12,13);3H,1-2H3,(H,9,13);1H4. The molecule has 23 heteroatoms. The average molecular weight is 750 g/mol. The van der Waals surface area contributed by atoms with E-state index in [1.165, 1.54) is 53.8 Å². The van der Waals surface area contributed by atoms with Gasteiger partial charge in [-0.3, -0.25) is 56.5 Å². The molecule has 0 fully saturated rings. The van der Waals surface area contributed by atoms with E-state index in [0.29, 0.717) is 51.3 Å². The molecule has 0 spiro atoms. The molecule has 286 valence electrons. The number of aryl methyl sites for hydroxylation is 5. The first-order valence-corrected chi connectivity index (χ1v) is 15.5. The number of hydrogen-bond acceptors (Lipinski definition) is 12. The summed E-state index contributed by atoms with van der Waals surface area (Å²) in [6, 6.07) is 0. The molecule has 0 bridgehead atoms. The molecular weight excluding hydrogens is 710 g/mol. The van der Waals surface area contributed by atoms with Gasteiger partial charge in [0.15, 0.2) is 33.5 Å². The number of H-pyrrole nitrogens is 2. The molecule has 0 saturated heterocycles. The summed E-state index contributed by atoms with van der Waals surface area (Å²) < 4.78 is 12.0. The van der Waals surface area contributed by atoms with E-state index in [0.717, 1.165) is 13.7 Å². The van der Waals surface area contributed by atoms with Gasteiger partial charge >= 0.3 is 22.8 Å². The molecule has 1 aliphatic rings. The Morgan fingerprint density at radius 3 is 1.63 bits per heavy atom. The third-order valence-corrected chi connectivity index (χ3v) is 8.50. The van der Waals surface area contributed by atoms with Crippen molar-refractivity contribution in [3.05, 3.63) is 108 Å². The molecule has 0 unspecified atom stereocenters. The van der Waals surface area contributed by atoms with Gasteiger partial charge < -0.3 is 13.7 Å². The van der Waals surface area contributed by atoms with Crippen molar-refractivity contribution in [1.82, 2.24) is 66.0 Å². The Morgan fingerprint density at radius 2 is 1.00 bits per heavy atom. The minimum atomic E-state index is -0.448. The Bertz CT molecular complexity index is 3110. The largest absolute Gasteiger partial charge is 0.332 e. The molecule has 7 aromatic heterocycles. The zero-order chi connectivity index (χ0) is 39.2. The lowest BCUT2D eigenvalue weighted by Crippen LogP contribution is -2.38. The van der Waals surface area contributed by atoms with E-state index in [4.69, 9.17) is 0 Å². The molecule has 2 N–H and O–H groups in total. The van der Waals surface area contributed by atoms with Crippen LogP contribution in [-0.2, 0) is 69.8 Å².